The van der Waals surface area contributed by atoms with Crippen LogP contribution in [0.3, 0.4) is 0 Å². The zero-order valence-corrected chi connectivity index (χ0v) is 7.73. The number of pyridine rings is 1. The Morgan fingerprint density at radius 1 is 1.50 bits per heavy atom. The molecule has 4 nitrogen and oxygen atoms in total. The third kappa shape index (κ3) is 0.937. The lowest BCUT2D eigenvalue weighted by molar-refractivity contribution is 0.314. The minimum atomic E-state index is -0.00213. The van der Waals surface area contributed by atoms with E-state index >= 15 is 0 Å². The first kappa shape index (κ1) is 7.79. The van der Waals surface area contributed by atoms with Crippen LogP contribution in [0.15, 0.2) is 23.3 Å². The standard InChI is InChI=1S/C10H11N3O/c14-10-12-8-4-5-11-6-9(8)13(10)7-2-1-3-7/h4-7H,1-3H2,(H,12,14). The zero-order valence-electron chi connectivity index (χ0n) is 7.73. The van der Waals surface area contributed by atoms with Crippen molar-refractivity contribution in [1.82, 2.24) is 14.5 Å². The van der Waals surface area contributed by atoms with Crippen LogP contribution in [0.2, 0.25) is 0 Å². The zero-order chi connectivity index (χ0) is 9.54. The van der Waals surface area contributed by atoms with Crippen LogP contribution in [0, 0.1) is 0 Å². The molecule has 1 aliphatic rings. The number of fused-ring (bicyclic) bond motifs is 1. The van der Waals surface area contributed by atoms with Gasteiger partial charge in [0.2, 0.25) is 0 Å². The molecule has 1 N–H and O–H groups in total. The first-order valence-corrected chi connectivity index (χ1v) is 4.90. The van der Waals surface area contributed by atoms with E-state index in [4.69, 9.17) is 0 Å². The van der Waals surface area contributed by atoms with Gasteiger partial charge in [0.05, 0.1) is 17.2 Å². The second kappa shape index (κ2) is 2.70. The number of aromatic nitrogens is 3. The first-order chi connectivity index (χ1) is 6.86. The fraction of sp³-hybridized carbons (Fsp3) is 0.400. The van der Waals surface area contributed by atoms with Crippen molar-refractivity contribution in [2.75, 3.05) is 0 Å². The monoisotopic (exact) mass is 189 g/mol. The van der Waals surface area contributed by atoms with E-state index in [1.807, 2.05) is 10.6 Å². The van der Waals surface area contributed by atoms with Crippen LogP contribution in [0.1, 0.15) is 25.3 Å². The predicted molar refractivity (Wildman–Crippen MR) is 53.2 cm³/mol. The summed E-state index contributed by atoms with van der Waals surface area (Å²) in [5.41, 5.74) is 1.82. The summed E-state index contributed by atoms with van der Waals surface area (Å²) in [4.78, 5) is 18.5. The van der Waals surface area contributed by atoms with Gasteiger partial charge in [-0.15, -0.1) is 0 Å². The van der Waals surface area contributed by atoms with Crippen molar-refractivity contribution in [3.63, 3.8) is 0 Å². The minimum Gasteiger partial charge on any atom is -0.305 e. The fourth-order valence-corrected chi connectivity index (χ4v) is 1.98. The van der Waals surface area contributed by atoms with Crippen LogP contribution in [-0.2, 0) is 0 Å². The van der Waals surface area contributed by atoms with Crippen LogP contribution in [-0.4, -0.2) is 14.5 Å². The number of nitrogens with zero attached hydrogens (tertiary/aromatic N) is 2. The molecule has 0 bridgehead atoms. The van der Waals surface area contributed by atoms with Gasteiger partial charge in [-0.25, -0.2) is 4.79 Å². The highest BCUT2D eigenvalue weighted by Crippen LogP contribution is 2.32. The number of hydrogen-bond acceptors (Lipinski definition) is 2. The molecular formula is C10H11N3O. The average Bonchev–Trinajstić information content (AvgIpc) is 2.41. The molecule has 0 amide bonds. The number of H-pyrrole nitrogens is 1. The van der Waals surface area contributed by atoms with E-state index in [0.717, 1.165) is 23.9 Å². The summed E-state index contributed by atoms with van der Waals surface area (Å²) < 4.78 is 1.84. The molecule has 0 spiro atoms. The van der Waals surface area contributed by atoms with Crippen LogP contribution in [0.5, 0.6) is 0 Å². The average molecular weight is 189 g/mol. The summed E-state index contributed by atoms with van der Waals surface area (Å²) in [5.74, 6) is 0. The van der Waals surface area contributed by atoms with Gasteiger partial charge in [-0.05, 0) is 25.3 Å². The Balaban J connectivity index is 2.29. The maximum Gasteiger partial charge on any atom is 0.326 e. The van der Waals surface area contributed by atoms with Gasteiger partial charge in [-0.1, -0.05) is 0 Å². The molecule has 0 unspecified atom stereocenters. The molecule has 14 heavy (non-hydrogen) atoms. The van der Waals surface area contributed by atoms with Gasteiger partial charge in [0.25, 0.3) is 0 Å². The van der Waals surface area contributed by atoms with Crippen molar-refractivity contribution in [3.05, 3.63) is 28.9 Å². The highest BCUT2D eigenvalue weighted by Gasteiger charge is 2.22. The van der Waals surface area contributed by atoms with Crippen molar-refractivity contribution in [1.29, 1.82) is 0 Å². The molecule has 0 atom stereocenters. The third-order valence-electron chi connectivity index (χ3n) is 2.96. The summed E-state index contributed by atoms with van der Waals surface area (Å²) in [6, 6.07) is 2.23. The molecule has 3 rings (SSSR count). The number of nitrogens with one attached hydrogen (secondary N) is 1. The molecule has 0 aromatic carbocycles. The Bertz CT molecular complexity index is 521. The largest absolute Gasteiger partial charge is 0.326 e. The fourth-order valence-electron chi connectivity index (χ4n) is 1.98. The van der Waals surface area contributed by atoms with Crippen molar-refractivity contribution in [2.45, 2.75) is 25.3 Å². The lowest BCUT2D eigenvalue weighted by Gasteiger charge is -2.26. The smallest absolute Gasteiger partial charge is 0.305 e. The summed E-state index contributed by atoms with van der Waals surface area (Å²) in [6.45, 7) is 0. The second-order valence-corrected chi connectivity index (χ2v) is 3.78. The van der Waals surface area contributed by atoms with Gasteiger partial charge in [0, 0.05) is 12.2 Å². The van der Waals surface area contributed by atoms with Crippen LogP contribution in [0.4, 0.5) is 0 Å². The van der Waals surface area contributed by atoms with Gasteiger partial charge in [-0.2, -0.15) is 0 Å². The summed E-state index contributed by atoms with van der Waals surface area (Å²) >= 11 is 0. The lowest BCUT2D eigenvalue weighted by Crippen LogP contribution is -2.26. The maximum absolute atomic E-state index is 11.7. The molecule has 0 saturated heterocycles. The molecule has 1 aliphatic carbocycles. The summed E-state index contributed by atoms with van der Waals surface area (Å²) in [6.07, 6.45) is 6.91. The Hall–Kier alpha value is -1.58. The molecule has 72 valence electrons. The Morgan fingerprint density at radius 3 is 3.07 bits per heavy atom. The molecule has 4 heteroatoms. The predicted octanol–water partition coefficient (Wildman–Crippen LogP) is 1.45. The highest BCUT2D eigenvalue weighted by atomic mass is 16.1. The topological polar surface area (TPSA) is 50.7 Å². The van der Waals surface area contributed by atoms with Crippen LogP contribution < -0.4 is 5.69 Å². The second-order valence-electron chi connectivity index (χ2n) is 3.78. The minimum absolute atomic E-state index is 0.00213. The number of aromatic amines is 1. The van der Waals surface area contributed by atoms with Gasteiger partial charge in [-0.3, -0.25) is 9.55 Å². The van der Waals surface area contributed by atoms with E-state index in [1.165, 1.54) is 6.42 Å². The normalized spacial score (nSPS) is 17.1. The Labute approximate surface area is 80.6 Å². The van der Waals surface area contributed by atoms with Crippen LogP contribution in [0.25, 0.3) is 11.0 Å². The van der Waals surface area contributed by atoms with Gasteiger partial charge >= 0.3 is 5.69 Å². The molecule has 2 aromatic rings. The molecule has 2 heterocycles. The van der Waals surface area contributed by atoms with E-state index in [9.17, 15) is 4.79 Å². The van der Waals surface area contributed by atoms with Gasteiger partial charge in [0.15, 0.2) is 0 Å². The first-order valence-electron chi connectivity index (χ1n) is 4.90. The molecule has 2 aromatic heterocycles. The lowest BCUT2D eigenvalue weighted by atomic mass is 9.93. The number of hydrogen-bond donors (Lipinski definition) is 1. The van der Waals surface area contributed by atoms with Crippen molar-refractivity contribution >= 4 is 11.0 Å². The maximum atomic E-state index is 11.7. The van der Waals surface area contributed by atoms with Crippen molar-refractivity contribution < 1.29 is 0 Å². The van der Waals surface area contributed by atoms with Crippen molar-refractivity contribution in [2.24, 2.45) is 0 Å². The number of rotatable bonds is 1. The Kier molecular flexibility index (Phi) is 1.50. The quantitative estimate of drug-likeness (QED) is 0.738. The van der Waals surface area contributed by atoms with E-state index < -0.39 is 0 Å². The van der Waals surface area contributed by atoms with Crippen molar-refractivity contribution in [3.8, 4) is 0 Å². The van der Waals surface area contributed by atoms with Crippen LogP contribution >= 0.6 is 0 Å². The molecular weight excluding hydrogens is 178 g/mol. The van der Waals surface area contributed by atoms with E-state index in [2.05, 4.69) is 9.97 Å². The highest BCUT2D eigenvalue weighted by molar-refractivity contribution is 5.73. The van der Waals surface area contributed by atoms with Gasteiger partial charge in [0.1, 0.15) is 0 Å². The van der Waals surface area contributed by atoms with E-state index in [-0.39, 0.29) is 5.69 Å². The SMILES string of the molecule is O=c1[nH]c2ccncc2n1C1CCC1. The molecule has 0 radical (unpaired) electrons. The Morgan fingerprint density at radius 2 is 2.36 bits per heavy atom. The van der Waals surface area contributed by atoms with E-state index in [0.29, 0.717) is 6.04 Å². The van der Waals surface area contributed by atoms with Gasteiger partial charge < -0.3 is 4.98 Å². The summed E-state index contributed by atoms with van der Waals surface area (Å²) in [7, 11) is 0. The van der Waals surface area contributed by atoms with E-state index in [1.54, 1.807) is 12.4 Å². The third-order valence-corrected chi connectivity index (χ3v) is 2.96. The molecule has 0 aliphatic heterocycles. The number of imidazole rings is 1. The molecule has 1 saturated carbocycles. The molecule has 1 fully saturated rings. The summed E-state index contributed by atoms with van der Waals surface area (Å²) in [5, 5.41) is 0.